The monoisotopic (exact) mass is 266 g/mol. The van der Waals surface area contributed by atoms with Gasteiger partial charge in [-0.2, -0.15) is 5.26 Å². The first-order chi connectivity index (χ1) is 9.83. The minimum absolute atomic E-state index is 0.458. The molecule has 0 N–H and O–H groups in total. The van der Waals surface area contributed by atoms with Crippen molar-refractivity contribution in [3.05, 3.63) is 41.2 Å². The molecule has 0 unspecified atom stereocenters. The van der Waals surface area contributed by atoms with Gasteiger partial charge in [-0.1, -0.05) is 30.7 Å². The van der Waals surface area contributed by atoms with Gasteiger partial charge < -0.3 is 0 Å². The molecule has 20 heavy (non-hydrogen) atoms. The van der Waals surface area contributed by atoms with Crippen LogP contribution >= 0.6 is 0 Å². The highest BCUT2D eigenvalue weighted by Crippen LogP contribution is 2.41. The summed E-state index contributed by atoms with van der Waals surface area (Å²) in [6, 6.07) is 10.6. The summed E-state index contributed by atoms with van der Waals surface area (Å²) in [5.74, 6) is 0.458. The molecule has 1 heterocycles. The van der Waals surface area contributed by atoms with Crippen LogP contribution in [0.5, 0.6) is 0 Å². The lowest BCUT2D eigenvalue weighted by Crippen LogP contribution is -2.02. The van der Waals surface area contributed by atoms with Crippen LogP contribution in [-0.4, -0.2) is 15.0 Å². The predicted molar refractivity (Wildman–Crippen MR) is 76.7 cm³/mol. The van der Waals surface area contributed by atoms with Crippen LogP contribution in [0.25, 0.3) is 5.69 Å². The number of aryl methyl sites for hydroxylation is 1. The molecule has 1 saturated carbocycles. The van der Waals surface area contributed by atoms with E-state index in [0.717, 1.165) is 30.6 Å². The van der Waals surface area contributed by atoms with E-state index >= 15 is 0 Å². The number of nitrogens with zero attached hydrogens (tertiary/aromatic N) is 4. The Morgan fingerprint density at radius 1 is 1.30 bits per heavy atom. The molecule has 1 aliphatic carbocycles. The van der Waals surface area contributed by atoms with Gasteiger partial charge in [0.05, 0.1) is 11.4 Å². The normalized spacial score (nSPS) is 14.2. The highest BCUT2D eigenvalue weighted by molar-refractivity contribution is 5.40. The van der Waals surface area contributed by atoms with Gasteiger partial charge in [0, 0.05) is 5.92 Å². The van der Waals surface area contributed by atoms with Gasteiger partial charge in [0.1, 0.15) is 6.07 Å². The molecule has 1 aromatic heterocycles. The van der Waals surface area contributed by atoms with Gasteiger partial charge in [-0.05, 0) is 43.4 Å². The first-order valence-corrected chi connectivity index (χ1v) is 7.28. The van der Waals surface area contributed by atoms with Crippen LogP contribution in [0, 0.1) is 11.3 Å². The number of hydrogen-bond acceptors (Lipinski definition) is 3. The van der Waals surface area contributed by atoms with Crippen molar-refractivity contribution in [2.45, 2.75) is 44.9 Å². The average Bonchev–Trinajstić information content (AvgIpc) is 3.24. The standard InChI is InChI=1S/C16H18N4/c1-2-3-4-12-5-9-14(10-6-12)20-16(13-7-8-13)15(11-17)18-19-20/h5-6,9-10,13H,2-4,7-8H2,1H3. The van der Waals surface area contributed by atoms with Gasteiger partial charge in [0.15, 0.2) is 5.69 Å². The van der Waals surface area contributed by atoms with Crippen molar-refractivity contribution in [2.24, 2.45) is 0 Å². The Balaban J connectivity index is 1.89. The van der Waals surface area contributed by atoms with E-state index in [-0.39, 0.29) is 0 Å². The van der Waals surface area contributed by atoms with E-state index in [1.54, 1.807) is 0 Å². The summed E-state index contributed by atoms with van der Waals surface area (Å²) in [5.41, 5.74) is 3.81. The van der Waals surface area contributed by atoms with E-state index in [2.05, 4.69) is 47.6 Å². The SMILES string of the molecule is CCCCc1ccc(-n2nnc(C#N)c2C2CC2)cc1. The topological polar surface area (TPSA) is 54.5 Å². The third kappa shape index (κ3) is 2.44. The van der Waals surface area contributed by atoms with E-state index in [0.29, 0.717) is 11.6 Å². The number of benzene rings is 1. The molecule has 4 heteroatoms. The van der Waals surface area contributed by atoms with Crippen molar-refractivity contribution < 1.29 is 0 Å². The molecule has 1 aromatic carbocycles. The summed E-state index contributed by atoms with van der Waals surface area (Å²) in [6.07, 6.45) is 5.82. The second-order valence-electron chi connectivity index (χ2n) is 5.39. The zero-order chi connectivity index (χ0) is 13.9. The Kier molecular flexibility index (Phi) is 3.51. The van der Waals surface area contributed by atoms with Crippen LogP contribution in [0.1, 0.15) is 55.5 Å². The van der Waals surface area contributed by atoms with Gasteiger partial charge in [0.25, 0.3) is 0 Å². The molecule has 4 nitrogen and oxygen atoms in total. The van der Waals surface area contributed by atoms with E-state index in [9.17, 15) is 0 Å². The van der Waals surface area contributed by atoms with E-state index in [4.69, 9.17) is 5.26 Å². The van der Waals surface area contributed by atoms with Crippen LogP contribution in [0.3, 0.4) is 0 Å². The van der Waals surface area contributed by atoms with Crippen LogP contribution in [0.15, 0.2) is 24.3 Å². The predicted octanol–water partition coefficient (Wildman–Crippen LogP) is 3.36. The quantitative estimate of drug-likeness (QED) is 0.833. The average molecular weight is 266 g/mol. The molecular weight excluding hydrogens is 248 g/mol. The second kappa shape index (κ2) is 5.46. The molecule has 2 aromatic rings. The first kappa shape index (κ1) is 12.9. The molecule has 3 rings (SSSR count). The maximum absolute atomic E-state index is 9.13. The van der Waals surface area contributed by atoms with E-state index in [1.165, 1.54) is 18.4 Å². The van der Waals surface area contributed by atoms with Crippen molar-refractivity contribution >= 4 is 0 Å². The number of nitriles is 1. The Morgan fingerprint density at radius 2 is 2.05 bits per heavy atom. The maximum atomic E-state index is 9.13. The van der Waals surface area contributed by atoms with Crippen molar-refractivity contribution in [1.29, 1.82) is 5.26 Å². The lowest BCUT2D eigenvalue weighted by molar-refractivity contribution is 0.761. The summed E-state index contributed by atoms with van der Waals surface area (Å²) in [5, 5.41) is 17.3. The van der Waals surface area contributed by atoms with Gasteiger partial charge >= 0.3 is 0 Å². The lowest BCUT2D eigenvalue weighted by atomic mass is 10.1. The minimum atomic E-state index is 0.458. The highest BCUT2D eigenvalue weighted by Gasteiger charge is 2.31. The molecule has 0 amide bonds. The van der Waals surface area contributed by atoms with E-state index in [1.807, 2.05) is 4.68 Å². The molecular formula is C16H18N4. The highest BCUT2D eigenvalue weighted by atomic mass is 15.4. The minimum Gasteiger partial charge on any atom is -0.216 e. The molecule has 0 atom stereocenters. The summed E-state index contributed by atoms with van der Waals surface area (Å²) in [7, 11) is 0. The van der Waals surface area contributed by atoms with Gasteiger partial charge in [-0.15, -0.1) is 5.10 Å². The zero-order valence-electron chi connectivity index (χ0n) is 11.7. The molecule has 0 radical (unpaired) electrons. The second-order valence-corrected chi connectivity index (χ2v) is 5.39. The largest absolute Gasteiger partial charge is 0.216 e. The molecule has 0 saturated heterocycles. The third-order valence-corrected chi connectivity index (χ3v) is 3.77. The van der Waals surface area contributed by atoms with Crippen molar-refractivity contribution in [1.82, 2.24) is 15.0 Å². The number of aromatic nitrogens is 3. The molecule has 1 aliphatic rings. The van der Waals surface area contributed by atoms with E-state index < -0.39 is 0 Å². The van der Waals surface area contributed by atoms with Crippen LogP contribution in [0.4, 0.5) is 0 Å². The van der Waals surface area contributed by atoms with Gasteiger partial charge in [0.2, 0.25) is 0 Å². The summed E-state index contributed by atoms with van der Waals surface area (Å²) >= 11 is 0. The molecule has 0 bridgehead atoms. The fourth-order valence-electron chi connectivity index (χ4n) is 2.47. The number of rotatable bonds is 5. The number of unbranched alkanes of at least 4 members (excludes halogenated alkanes) is 1. The fraction of sp³-hybridized carbons (Fsp3) is 0.438. The Hall–Kier alpha value is -2.15. The van der Waals surface area contributed by atoms with Crippen molar-refractivity contribution in [3.63, 3.8) is 0 Å². The summed E-state index contributed by atoms with van der Waals surface area (Å²) in [4.78, 5) is 0. The smallest absolute Gasteiger partial charge is 0.186 e. The molecule has 0 aliphatic heterocycles. The first-order valence-electron chi connectivity index (χ1n) is 7.28. The molecule has 0 spiro atoms. The van der Waals surface area contributed by atoms with Crippen LogP contribution in [-0.2, 0) is 6.42 Å². The lowest BCUT2D eigenvalue weighted by Gasteiger charge is -2.06. The maximum Gasteiger partial charge on any atom is 0.186 e. The molecule has 102 valence electrons. The zero-order valence-corrected chi connectivity index (χ0v) is 11.7. The van der Waals surface area contributed by atoms with Crippen LogP contribution in [0.2, 0.25) is 0 Å². The van der Waals surface area contributed by atoms with Gasteiger partial charge in [-0.25, -0.2) is 4.68 Å². The fourth-order valence-corrected chi connectivity index (χ4v) is 2.47. The summed E-state index contributed by atoms with van der Waals surface area (Å²) < 4.78 is 1.83. The van der Waals surface area contributed by atoms with Gasteiger partial charge in [-0.3, -0.25) is 0 Å². The third-order valence-electron chi connectivity index (χ3n) is 3.77. The number of hydrogen-bond donors (Lipinski definition) is 0. The van der Waals surface area contributed by atoms with Crippen molar-refractivity contribution in [2.75, 3.05) is 0 Å². The summed E-state index contributed by atoms with van der Waals surface area (Å²) in [6.45, 7) is 2.20. The van der Waals surface area contributed by atoms with Crippen LogP contribution < -0.4 is 0 Å². The Bertz CT molecular complexity index is 629. The van der Waals surface area contributed by atoms with Crippen molar-refractivity contribution in [3.8, 4) is 11.8 Å². The Labute approximate surface area is 119 Å². The Morgan fingerprint density at radius 3 is 2.65 bits per heavy atom. The molecule has 1 fully saturated rings.